The number of aromatic nitrogens is 2. The van der Waals surface area contributed by atoms with E-state index in [4.69, 9.17) is 9.15 Å². The van der Waals surface area contributed by atoms with Crippen LogP contribution in [0.1, 0.15) is 54.9 Å². The smallest absolute Gasteiger partial charge is 0.293 e. The molecule has 1 N–H and O–H groups in total. The number of carbonyl (C=O) groups excluding carboxylic acids is 1. The Bertz CT molecular complexity index is 604. The average molecular weight is 309 g/mol. The molecule has 0 atom stereocenters. The van der Waals surface area contributed by atoms with Gasteiger partial charge in [-0.25, -0.2) is 0 Å². The standard InChI is InChI=1S/C14H19N3O3S/c1-8(2)13-16-17-14(21-13)15-12(18)11-6-5-10(20-11)7-19-9(3)4/h5-6,8-9H,7H2,1-4H3,(H,15,17,18). The summed E-state index contributed by atoms with van der Waals surface area (Å²) < 4.78 is 10.9. The molecule has 0 aromatic carbocycles. The molecule has 0 fully saturated rings. The van der Waals surface area contributed by atoms with Gasteiger partial charge in [0.05, 0.1) is 6.10 Å². The lowest BCUT2D eigenvalue weighted by Crippen LogP contribution is -2.10. The fourth-order valence-electron chi connectivity index (χ4n) is 1.50. The molecule has 0 aliphatic heterocycles. The van der Waals surface area contributed by atoms with Crippen molar-refractivity contribution in [1.82, 2.24) is 10.2 Å². The van der Waals surface area contributed by atoms with Crippen LogP contribution in [0.5, 0.6) is 0 Å². The number of rotatable bonds is 6. The molecule has 6 nitrogen and oxygen atoms in total. The number of amides is 1. The zero-order valence-electron chi connectivity index (χ0n) is 12.5. The summed E-state index contributed by atoms with van der Waals surface area (Å²) >= 11 is 1.36. The van der Waals surface area contributed by atoms with Gasteiger partial charge in [0, 0.05) is 5.92 Å². The Balaban J connectivity index is 1.96. The maximum Gasteiger partial charge on any atom is 0.293 e. The second kappa shape index (κ2) is 6.82. The molecule has 2 aromatic heterocycles. The van der Waals surface area contributed by atoms with Gasteiger partial charge in [0.2, 0.25) is 5.13 Å². The van der Waals surface area contributed by atoms with E-state index >= 15 is 0 Å². The van der Waals surface area contributed by atoms with E-state index in [2.05, 4.69) is 15.5 Å². The summed E-state index contributed by atoms with van der Waals surface area (Å²) in [7, 11) is 0. The van der Waals surface area contributed by atoms with Crippen molar-refractivity contribution < 1.29 is 13.9 Å². The molecule has 0 saturated heterocycles. The summed E-state index contributed by atoms with van der Waals surface area (Å²) in [5.41, 5.74) is 0. The van der Waals surface area contributed by atoms with Gasteiger partial charge in [-0.15, -0.1) is 10.2 Å². The highest BCUT2D eigenvalue weighted by Gasteiger charge is 2.15. The molecular weight excluding hydrogens is 290 g/mol. The number of hydrogen-bond acceptors (Lipinski definition) is 6. The van der Waals surface area contributed by atoms with Crippen LogP contribution in [0.15, 0.2) is 16.5 Å². The monoisotopic (exact) mass is 309 g/mol. The topological polar surface area (TPSA) is 77.2 Å². The molecule has 0 unspecified atom stereocenters. The molecule has 2 rings (SSSR count). The van der Waals surface area contributed by atoms with Crippen LogP contribution in [-0.4, -0.2) is 22.2 Å². The van der Waals surface area contributed by atoms with E-state index in [-0.39, 0.29) is 23.7 Å². The predicted octanol–water partition coefficient (Wildman–Crippen LogP) is 3.43. The third-order valence-corrected chi connectivity index (χ3v) is 3.74. The van der Waals surface area contributed by atoms with Gasteiger partial charge in [-0.3, -0.25) is 10.1 Å². The van der Waals surface area contributed by atoms with Gasteiger partial charge in [0.1, 0.15) is 17.4 Å². The van der Waals surface area contributed by atoms with E-state index in [1.807, 2.05) is 27.7 Å². The number of nitrogens with one attached hydrogen (secondary N) is 1. The van der Waals surface area contributed by atoms with Crippen molar-refractivity contribution in [2.24, 2.45) is 0 Å². The molecule has 0 aliphatic carbocycles. The van der Waals surface area contributed by atoms with Crippen molar-refractivity contribution in [1.29, 1.82) is 0 Å². The Hall–Kier alpha value is -1.73. The van der Waals surface area contributed by atoms with Crippen LogP contribution in [0.25, 0.3) is 0 Å². The van der Waals surface area contributed by atoms with E-state index in [9.17, 15) is 4.79 Å². The molecule has 114 valence electrons. The lowest BCUT2D eigenvalue weighted by molar-refractivity contribution is 0.0537. The van der Waals surface area contributed by atoms with Crippen molar-refractivity contribution in [2.45, 2.75) is 46.3 Å². The Morgan fingerprint density at radius 1 is 1.33 bits per heavy atom. The Morgan fingerprint density at radius 2 is 2.10 bits per heavy atom. The number of nitrogens with zero attached hydrogens (tertiary/aromatic N) is 2. The van der Waals surface area contributed by atoms with Crippen LogP contribution < -0.4 is 5.32 Å². The molecule has 2 heterocycles. The quantitative estimate of drug-likeness (QED) is 0.884. The Morgan fingerprint density at radius 3 is 2.71 bits per heavy atom. The van der Waals surface area contributed by atoms with Gasteiger partial charge < -0.3 is 9.15 Å². The van der Waals surface area contributed by atoms with Crippen molar-refractivity contribution in [2.75, 3.05) is 5.32 Å². The van der Waals surface area contributed by atoms with Crippen LogP contribution >= 0.6 is 11.3 Å². The molecule has 0 bridgehead atoms. The van der Waals surface area contributed by atoms with Crippen LogP contribution in [0, 0.1) is 0 Å². The summed E-state index contributed by atoms with van der Waals surface area (Å²) in [4.78, 5) is 12.0. The normalized spacial score (nSPS) is 11.3. The summed E-state index contributed by atoms with van der Waals surface area (Å²) in [6, 6.07) is 3.36. The highest BCUT2D eigenvalue weighted by molar-refractivity contribution is 7.15. The summed E-state index contributed by atoms with van der Waals surface area (Å²) in [6.07, 6.45) is 0.114. The predicted molar refractivity (Wildman–Crippen MR) is 80.6 cm³/mol. The first-order chi connectivity index (χ1) is 9.95. The van der Waals surface area contributed by atoms with E-state index < -0.39 is 0 Å². The molecular formula is C14H19N3O3S. The number of furan rings is 1. The number of anilines is 1. The second-order valence-corrected chi connectivity index (χ2v) is 6.19. The van der Waals surface area contributed by atoms with Crippen LogP contribution in [0.2, 0.25) is 0 Å². The zero-order valence-corrected chi connectivity index (χ0v) is 13.4. The number of hydrogen-bond donors (Lipinski definition) is 1. The van der Waals surface area contributed by atoms with Gasteiger partial charge in [-0.05, 0) is 26.0 Å². The highest BCUT2D eigenvalue weighted by Crippen LogP contribution is 2.23. The second-order valence-electron chi connectivity index (χ2n) is 5.18. The molecule has 0 aliphatic rings. The molecule has 0 spiro atoms. The minimum absolute atomic E-state index is 0.114. The first kappa shape index (κ1) is 15.7. The summed E-state index contributed by atoms with van der Waals surface area (Å²) in [5, 5.41) is 12.0. The molecule has 1 amide bonds. The molecule has 2 aromatic rings. The Kier molecular flexibility index (Phi) is 5.08. The van der Waals surface area contributed by atoms with Crippen molar-refractivity contribution in [3.63, 3.8) is 0 Å². The van der Waals surface area contributed by atoms with E-state index in [0.29, 0.717) is 17.5 Å². The largest absolute Gasteiger partial charge is 0.453 e. The number of carbonyl (C=O) groups is 1. The molecule has 7 heteroatoms. The SMILES string of the molecule is CC(C)OCc1ccc(C(=O)Nc2nnc(C(C)C)s2)o1. The van der Waals surface area contributed by atoms with Crippen LogP contribution in [-0.2, 0) is 11.3 Å². The van der Waals surface area contributed by atoms with Crippen molar-refractivity contribution in [3.05, 3.63) is 28.7 Å². The lowest BCUT2D eigenvalue weighted by atomic mass is 10.2. The highest BCUT2D eigenvalue weighted by atomic mass is 32.1. The van der Waals surface area contributed by atoms with Gasteiger partial charge in [-0.1, -0.05) is 25.2 Å². The van der Waals surface area contributed by atoms with E-state index in [1.54, 1.807) is 12.1 Å². The molecule has 0 radical (unpaired) electrons. The van der Waals surface area contributed by atoms with Gasteiger partial charge in [0.15, 0.2) is 5.76 Å². The minimum atomic E-state index is -0.336. The lowest BCUT2D eigenvalue weighted by Gasteiger charge is -2.04. The molecule has 0 saturated carbocycles. The summed E-state index contributed by atoms with van der Waals surface area (Å²) in [6.45, 7) is 8.29. The first-order valence-corrected chi connectivity index (χ1v) is 7.62. The molecule has 21 heavy (non-hydrogen) atoms. The van der Waals surface area contributed by atoms with Crippen LogP contribution in [0.3, 0.4) is 0 Å². The van der Waals surface area contributed by atoms with Crippen molar-refractivity contribution in [3.8, 4) is 0 Å². The maximum absolute atomic E-state index is 12.0. The fraction of sp³-hybridized carbons (Fsp3) is 0.500. The minimum Gasteiger partial charge on any atom is -0.453 e. The number of ether oxygens (including phenoxy) is 1. The Labute approximate surface area is 127 Å². The first-order valence-electron chi connectivity index (χ1n) is 6.80. The average Bonchev–Trinajstić information content (AvgIpc) is 3.04. The van der Waals surface area contributed by atoms with Gasteiger partial charge in [0.25, 0.3) is 5.91 Å². The third-order valence-electron chi connectivity index (χ3n) is 2.60. The van der Waals surface area contributed by atoms with E-state index in [0.717, 1.165) is 5.01 Å². The maximum atomic E-state index is 12.0. The fourth-order valence-corrected chi connectivity index (χ4v) is 2.24. The zero-order chi connectivity index (χ0) is 15.4. The van der Waals surface area contributed by atoms with E-state index in [1.165, 1.54) is 11.3 Å². The third kappa shape index (κ3) is 4.37. The van der Waals surface area contributed by atoms with Crippen molar-refractivity contribution >= 4 is 22.4 Å². The van der Waals surface area contributed by atoms with Gasteiger partial charge in [-0.2, -0.15) is 0 Å². The van der Waals surface area contributed by atoms with Gasteiger partial charge >= 0.3 is 0 Å². The summed E-state index contributed by atoms with van der Waals surface area (Å²) in [5.74, 6) is 0.807. The van der Waals surface area contributed by atoms with Crippen LogP contribution in [0.4, 0.5) is 5.13 Å².